The first kappa shape index (κ1) is 13.4. The number of aromatic nitrogens is 2. The summed E-state index contributed by atoms with van der Waals surface area (Å²) in [6.45, 7) is 5.74. The Kier molecular flexibility index (Phi) is 4.26. The predicted molar refractivity (Wildman–Crippen MR) is 73.8 cm³/mol. The molecule has 0 aliphatic carbocycles. The van der Waals surface area contributed by atoms with Gasteiger partial charge in [-0.25, -0.2) is 15.8 Å². The third-order valence-electron chi connectivity index (χ3n) is 2.92. The molecule has 2 unspecified atom stereocenters. The highest BCUT2D eigenvalue weighted by molar-refractivity contribution is 7.98. The van der Waals surface area contributed by atoms with E-state index in [0.717, 1.165) is 12.4 Å². The molecule has 0 aromatic carbocycles. The predicted octanol–water partition coefficient (Wildman–Crippen LogP) is 1.10. The molecule has 0 radical (unpaired) electrons. The summed E-state index contributed by atoms with van der Waals surface area (Å²) in [5.41, 5.74) is 2.58. The number of nitrogens with zero attached hydrogens (tertiary/aromatic N) is 3. The average Bonchev–Trinajstić information content (AvgIpc) is 2.40. The van der Waals surface area contributed by atoms with Crippen molar-refractivity contribution in [2.24, 2.45) is 5.84 Å². The van der Waals surface area contributed by atoms with Crippen molar-refractivity contribution in [3.8, 4) is 0 Å². The lowest BCUT2D eigenvalue weighted by Gasteiger charge is -2.37. The van der Waals surface area contributed by atoms with Crippen molar-refractivity contribution in [1.29, 1.82) is 0 Å². The van der Waals surface area contributed by atoms with Gasteiger partial charge in [-0.3, -0.25) is 0 Å². The van der Waals surface area contributed by atoms with E-state index in [1.807, 2.05) is 12.3 Å². The van der Waals surface area contributed by atoms with Gasteiger partial charge in [-0.2, -0.15) is 0 Å². The van der Waals surface area contributed by atoms with E-state index in [1.54, 1.807) is 0 Å². The van der Waals surface area contributed by atoms with Crippen LogP contribution in [0.4, 0.5) is 11.6 Å². The maximum absolute atomic E-state index is 5.62. The molecule has 1 aliphatic heterocycles. The lowest BCUT2D eigenvalue weighted by atomic mass is 10.2. The van der Waals surface area contributed by atoms with Gasteiger partial charge < -0.3 is 15.1 Å². The number of nitrogens with two attached hydrogens (primary N) is 1. The Morgan fingerprint density at radius 1 is 1.50 bits per heavy atom. The fraction of sp³-hybridized carbons (Fsp3) is 0.636. The molecule has 0 amide bonds. The van der Waals surface area contributed by atoms with Crippen molar-refractivity contribution in [3.63, 3.8) is 0 Å². The third-order valence-corrected chi connectivity index (χ3v) is 3.47. The van der Waals surface area contributed by atoms with Crippen molar-refractivity contribution in [2.75, 3.05) is 29.7 Å². The van der Waals surface area contributed by atoms with Crippen molar-refractivity contribution >= 4 is 23.4 Å². The lowest BCUT2D eigenvalue weighted by Crippen LogP contribution is -2.47. The van der Waals surface area contributed by atoms with E-state index >= 15 is 0 Å². The Bertz CT molecular complexity index is 394. The standard InChI is InChI=1S/C11H19N5OS/c1-7-6-17-8(2)5-16(7)10-4-9(15-12)13-11(14-10)18-3/h4,7-8H,5-6,12H2,1-3H3,(H,13,14,15). The van der Waals surface area contributed by atoms with E-state index in [9.17, 15) is 0 Å². The molecule has 0 spiro atoms. The first-order valence-electron chi connectivity index (χ1n) is 5.92. The number of nitrogen functional groups attached to an aromatic ring is 1. The van der Waals surface area contributed by atoms with Crippen LogP contribution in [0.15, 0.2) is 11.2 Å². The van der Waals surface area contributed by atoms with Crippen LogP contribution in [-0.4, -0.2) is 41.5 Å². The van der Waals surface area contributed by atoms with Crippen LogP contribution in [-0.2, 0) is 4.74 Å². The van der Waals surface area contributed by atoms with Gasteiger partial charge in [0.2, 0.25) is 0 Å². The second-order valence-corrected chi connectivity index (χ2v) is 5.16. The number of thioether (sulfide) groups is 1. The smallest absolute Gasteiger partial charge is 0.191 e. The topological polar surface area (TPSA) is 76.3 Å². The zero-order valence-corrected chi connectivity index (χ0v) is 11.7. The SMILES string of the molecule is CSc1nc(NN)cc(N2CC(C)OCC2C)n1. The summed E-state index contributed by atoms with van der Waals surface area (Å²) in [5.74, 6) is 6.97. The van der Waals surface area contributed by atoms with Gasteiger partial charge in [-0.1, -0.05) is 11.8 Å². The number of hydrogen-bond acceptors (Lipinski definition) is 7. The number of hydrogen-bond donors (Lipinski definition) is 2. The zero-order valence-electron chi connectivity index (χ0n) is 10.9. The first-order chi connectivity index (χ1) is 8.63. The van der Waals surface area contributed by atoms with Gasteiger partial charge in [0.15, 0.2) is 5.16 Å². The van der Waals surface area contributed by atoms with E-state index in [-0.39, 0.29) is 6.10 Å². The Balaban J connectivity index is 2.30. The maximum Gasteiger partial charge on any atom is 0.191 e. The molecule has 100 valence electrons. The molecule has 1 saturated heterocycles. The average molecular weight is 269 g/mol. The molecule has 2 heterocycles. The van der Waals surface area contributed by atoms with Gasteiger partial charge in [0.25, 0.3) is 0 Å². The Labute approximate surface area is 111 Å². The minimum atomic E-state index is 0.211. The fourth-order valence-electron chi connectivity index (χ4n) is 1.95. The number of morpholine rings is 1. The molecule has 1 aromatic heterocycles. The van der Waals surface area contributed by atoms with E-state index in [4.69, 9.17) is 10.6 Å². The number of hydrazine groups is 1. The maximum atomic E-state index is 5.62. The van der Waals surface area contributed by atoms with Crippen LogP contribution in [0.1, 0.15) is 13.8 Å². The van der Waals surface area contributed by atoms with E-state index in [1.165, 1.54) is 11.8 Å². The molecular weight excluding hydrogens is 250 g/mol. The number of rotatable bonds is 3. The highest BCUT2D eigenvalue weighted by Crippen LogP contribution is 2.24. The summed E-state index contributed by atoms with van der Waals surface area (Å²) in [5, 5.41) is 0.715. The van der Waals surface area contributed by atoms with Crippen molar-refractivity contribution in [3.05, 3.63) is 6.07 Å². The summed E-state index contributed by atoms with van der Waals surface area (Å²) in [4.78, 5) is 11.0. The molecular formula is C11H19N5OS. The molecule has 1 fully saturated rings. The summed E-state index contributed by atoms with van der Waals surface area (Å²) < 4.78 is 5.62. The molecule has 0 bridgehead atoms. The molecule has 1 aromatic rings. The van der Waals surface area contributed by atoms with Crippen LogP contribution in [0, 0.1) is 0 Å². The van der Waals surface area contributed by atoms with Gasteiger partial charge in [0.05, 0.1) is 18.8 Å². The van der Waals surface area contributed by atoms with Crippen molar-refractivity contribution in [2.45, 2.75) is 31.1 Å². The second-order valence-electron chi connectivity index (χ2n) is 4.39. The Hall–Kier alpha value is -1.05. The number of nitrogens with one attached hydrogen (secondary N) is 1. The van der Waals surface area contributed by atoms with Crippen LogP contribution in [0.5, 0.6) is 0 Å². The van der Waals surface area contributed by atoms with Crippen LogP contribution in [0.2, 0.25) is 0 Å². The van der Waals surface area contributed by atoms with E-state index in [2.05, 4.69) is 34.1 Å². The number of anilines is 2. The minimum Gasteiger partial charge on any atom is -0.375 e. The summed E-state index contributed by atoms with van der Waals surface area (Å²) in [6, 6.07) is 2.17. The minimum absolute atomic E-state index is 0.211. The largest absolute Gasteiger partial charge is 0.375 e. The van der Waals surface area contributed by atoms with Crippen LogP contribution >= 0.6 is 11.8 Å². The molecule has 6 nitrogen and oxygen atoms in total. The lowest BCUT2D eigenvalue weighted by molar-refractivity contribution is 0.0340. The fourth-order valence-corrected chi connectivity index (χ4v) is 2.32. The van der Waals surface area contributed by atoms with E-state index in [0.29, 0.717) is 23.6 Å². The molecule has 3 N–H and O–H groups in total. The van der Waals surface area contributed by atoms with Gasteiger partial charge in [0, 0.05) is 12.6 Å². The molecule has 0 saturated carbocycles. The second kappa shape index (κ2) is 5.73. The molecule has 7 heteroatoms. The third kappa shape index (κ3) is 2.85. The normalized spacial score (nSPS) is 24.1. The van der Waals surface area contributed by atoms with Crippen molar-refractivity contribution < 1.29 is 4.74 Å². The van der Waals surface area contributed by atoms with Gasteiger partial charge in [-0.05, 0) is 20.1 Å². The quantitative estimate of drug-likeness (QED) is 0.368. The molecule has 2 atom stereocenters. The van der Waals surface area contributed by atoms with Crippen molar-refractivity contribution in [1.82, 2.24) is 9.97 Å². The van der Waals surface area contributed by atoms with Crippen LogP contribution < -0.4 is 16.2 Å². The first-order valence-corrected chi connectivity index (χ1v) is 7.14. The molecule has 18 heavy (non-hydrogen) atoms. The monoisotopic (exact) mass is 269 g/mol. The Morgan fingerprint density at radius 3 is 2.94 bits per heavy atom. The van der Waals surface area contributed by atoms with Crippen LogP contribution in [0.25, 0.3) is 0 Å². The molecule has 1 aliphatic rings. The van der Waals surface area contributed by atoms with Gasteiger partial charge in [0.1, 0.15) is 11.6 Å². The van der Waals surface area contributed by atoms with Gasteiger partial charge >= 0.3 is 0 Å². The highest BCUT2D eigenvalue weighted by Gasteiger charge is 2.25. The molecule has 2 rings (SSSR count). The summed E-state index contributed by atoms with van der Waals surface area (Å²) in [7, 11) is 0. The highest BCUT2D eigenvalue weighted by atomic mass is 32.2. The summed E-state index contributed by atoms with van der Waals surface area (Å²) >= 11 is 1.50. The Morgan fingerprint density at radius 2 is 2.28 bits per heavy atom. The van der Waals surface area contributed by atoms with Crippen LogP contribution in [0.3, 0.4) is 0 Å². The van der Waals surface area contributed by atoms with Gasteiger partial charge in [-0.15, -0.1) is 0 Å². The summed E-state index contributed by atoms with van der Waals surface area (Å²) in [6.07, 6.45) is 2.16. The zero-order chi connectivity index (χ0) is 13.1. The number of ether oxygens (including phenoxy) is 1. The van der Waals surface area contributed by atoms with E-state index < -0.39 is 0 Å².